The summed E-state index contributed by atoms with van der Waals surface area (Å²) in [6.07, 6.45) is 0.889. The number of carbonyl (C=O) groups is 1. The van der Waals surface area contributed by atoms with E-state index in [9.17, 15) is 13.6 Å². The molecule has 6 nitrogen and oxygen atoms in total. The van der Waals surface area contributed by atoms with Gasteiger partial charge in [-0.15, -0.1) is 8.78 Å². The second kappa shape index (κ2) is 5.96. The van der Waals surface area contributed by atoms with E-state index < -0.39 is 6.29 Å². The minimum absolute atomic E-state index is 0.0454. The molecule has 8 heteroatoms. The van der Waals surface area contributed by atoms with E-state index in [4.69, 9.17) is 4.98 Å². The van der Waals surface area contributed by atoms with Gasteiger partial charge in [0.1, 0.15) is 5.82 Å². The number of amides is 1. The lowest BCUT2D eigenvalue weighted by atomic mass is 9.49. The first-order chi connectivity index (χ1) is 14.8. The van der Waals surface area contributed by atoms with Crippen LogP contribution in [0.15, 0.2) is 42.5 Å². The van der Waals surface area contributed by atoms with Crippen LogP contribution in [0.1, 0.15) is 48.3 Å². The highest BCUT2D eigenvalue weighted by Gasteiger charge is 2.60. The molecular formula is C23H21F2N3O3. The van der Waals surface area contributed by atoms with Crippen molar-refractivity contribution in [3.8, 4) is 11.5 Å². The first kappa shape index (κ1) is 18.6. The maximum absolute atomic E-state index is 13.3. The molecule has 3 fully saturated rings. The molecule has 0 unspecified atom stereocenters. The van der Waals surface area contributed by atoms with Crippen LogP contribution in [0.5, 0.6) is 11.5 Å². The molecule has 0 atom stereocenters. The highest BCUT2D eigenvalue weighted by Crippen LogP contribution is 2.59. The molecule has 2 aromatic carbocycles. The van der Waals surface area contributed by atoms with Crippen molar-refractivity contribution in [2.24, 2.45) is 7.05 Å². The predicted octanol–water partition coefficient (Wildman–Crippen LogP) is 4.28. The lowest BCUT2D eigenvalue weighted by molar-refractivity contribution is -0.286. The number of imidazole rings is 1. The number of aryl methyl sites for hydroxylation is 1. The third-order valence-corrected chi connectivity index (χ3v) is 6.97. The van der Waals surface area contributed by atoms with E-state index in [1.807, 2.05) is 18.2 Å². The highest BCUT2D eigenvalue weighted by molar-refractivity contribution is 5.95. The van der Waals surface area contributed by atoms with Crippen molar-refractivity contribution in [3.63, 3.8) is 0 Å². The van der Waals surface area contributed by atoms with E-state index in [0.717, 1.165) is 49.0 Å². The lowest BCUT2D eigenvalue weighted by Gasteiger charge is -2.60. The molecular weight excluding hydrogens is 404 g/mol. The minimum atomic E-state index is -3.70. The molecule has 1 N–H and O–H groups in total. The highest BCUT2D eigenvalue weighted by atomic mass is 19.3. The predicted molar refractivity (Wildman–Crippen MR) is 108 cm³/mol. The molecule has 3 saturated carbocycles. The second-order valence-corrected chi connectivity index (χ2v) is 9.03. The average Bonchev–Trinajstić information content (AvgIpc) is 3.22. The molecule has 1 aliphatic heterocycles. The van der Waals surface area contributed by atoms with Crippen LogP contribution in [0, 0.1) is 0 Å². The van der Waals surface area contributed by atoms with E-state index >= 15 is 0 Å². The van der Waals surface area contributed by atoms with Crippen LogP contribution in [0.3, 0.4) is 0 Å². The molecule has 3 aliphatic carbocycles. The maximum Gasteiger partial charge on any atom is 0.586 e. The summed E-state index contributed by atoms with van der Waals surface area (Å²) in [5, 5.41) is 3.18. The number of carbonyl (C=O) groups excluding carboxylic acids is 1. The number of hydrogen-bond acceptors (Lipinski definition) is 4. The van der Waals surface area contributed by atoms with Gasteiger partial charge in [-0.2, -0.15) is 0 Å². The van der Waals surface area contributed by atoms with Gasteiger partial charge in [0.15, 0.2) is 11.5 Å². The van der Waals surface area contributed by atoms with Crippen LogP contribution >= 0.6 is 0 Å². The molecule has 2 bridgehead atoms. The molecule has 160 valence electrons. The van der Waals surface area contributed by atoms with Gasteiger partial charge < -0.3 is 19.4 Å². The third kappa shape index (κ3) is 2.73. The maximum atomic E-state index is 13.3. The SMILES string of the molecule is Cn1c(C23CCCC(NC(=O)c4ccc5c(c4)OC(F)(F)O5)(C2)C3)nc2ccccc21. The van der Waals surface area contributed by atoms with Crippen LogP contribution in [0.4, 0.5) is 8.78 Å². The Labute approximate surface area is 177 Å². The smallest absolute Gasteiger partial charge is 0.395 e. The number of aromatic nitrogens is 2. The molecule has 3 aromatic rings. The molecule has 1 aromatic heterocycles. The third-order valence-electron chi connectivity index (χ3n) is 6.97. The van der Waals surface area contributed by atoms with E-state index in [1.165, 1.54) is 18.2 Å². The van der Waals surface area contributed by atoms with Crippen LogP contribution in [-0.2, 0) is 12.5 Å². The van der Waals surface area contributed by atoms with Crippen LogP contribution in [0.2, 0.25) is 0 Å². The zero-order valence-corrected chi connectivity index (χ0v) is 17.0. The summed E-state index contributed by atoms with van der Waals surface area (Å²) in [6, 6.07) is 12.2. The van der Waals surface area contributed by atoms with Gasteiger partial charge in [0.25, 0.3) is 5.91 Å². The largest absolute Gasteiger partial charge is 0.586 e. The van der Waals surface area contributed by atoms with Crippen molar-refractivity contribution in [1.29, 1.82) is 0 Å². The second-order valence-electron chi connectivity index (χ2n) is 9.03. The van der Waals surface area contributed by atoms with E-state index in [1.54, 1.807) is 0 Å². The summed E-state index contributed by atoms with van der Waals surface area (Å²) in [5.41, 5.74) is 2.03. The topological polar surface area (TPSA) is 65.4 Å². The van der Waals surface area contributed by atoms with Crippen molar-refractivity contribution in [1.82, 2.24) is 14.9 Å². The van der Waals surface area contributed by atoms with Crippen molar-refractivity contribution in [2.45, 2.75) is 49.4 Å². The Morgan fingerprint density at radius 3 is 2.68 bits per heavy atom. The summed E-state index contributed by atoms with van der Waals surface area (Å²) in [4.78, 5) is 17.9. The van der Waals surface area contributed by atoms with Crippen molar-refractivity contribution >= 4 is 16.9 Å². The van der Waals surface area contributed by atoms with Crippen LogP contribution in [0.25, 0.3) is 11.0 Å². The van der Waals surface area contributed by atoms with E-state index in [2.05, 4.69) is 32.5 Å². The quantitative estimate of drug-likeness (QED) is 0.680. The summed E-state index contributed by atoms with van der Waals surface area (Å²) < 4.78 is 37.6. The molecule has 31 heavy (non-hydrogen) atoms. The molecule has 4 aliphatic rings. The molecule has 1 amide bonds. The Morgan fingerprint density at radius 1 is 1.10 bits per heavy atom. The van der Waals surface area contributed by atoms with E-state index in [-0.39, 0.29) is 33.9 Å². The summed E-state index contributed by atoms with van der Waals surface area (Å²) in [5.74, 6) is 0.592. The van der Waals surface area contributed by atoms with Gasteiger partial charge in [-0.3, -0.25) is 4.79 Å². The van der Waals surface area contributed by atoms with Gasteiger partial charge in [-0.1, -0.05) is 18.6 Å². The lowest BCUT2D eigenvalue weighted by Crippen LogP contribution is -2.66. The fourth-order valence-corrected chi connectivity index (χ4v) is 5.81. The summed E-state index contributed by atoms with van der Waals surface area (Å²) >= 11 is 0. The molecule has 0 spiro atoms. The normalized spacial score (nSPS) is 27.7. The zero-order chi connectivity index (χ0) is 21.4. The standard InChI is InChI=1S/C23H21F2N3O3/c1-28-16-6-3-2-5-15(16)26-20(28)21-9-4-10-22(12-21,13-21)27-19(29)14-7-8-17-18(11-14)31-23(24,25)30-17/h2-3,5-8,11H,4,9-10,12-13H2,1H3,(H,27,29). The number of rotatable bonds is 3. The minimum Gasteiger partial charge on any atom is -0.395 e. The van der Waals surface area contributed by atoms with Crippen LogP contribution < -0.4 is 14.8 Å². The average molecular weight is 425 g/mol. The zero-order valence-electron chi connectivity index (χ0n) is 17.0. The van der Waals surface area contributed by atoms with Crippen molar-refractivity contribution in [3.05, 3.63) is 53.9 Å². The van der Waals surface area contributed by atoms with Gasteiger partial charge in [0, 0.05) is 23.6 Å². The number of nitrogens with zero attached hydrogens (tertiary/aromatic N) is 2. The van der Waals surface area contributed by atoms with E-state index in [0.29, 0.717) is 0 Å². The Bertz CT molecular complexity index is 1230. The summed E-state index contributed by atoms with van der Waals surface area (Å²) in [7, 11) is 2.05. The van der Waals surface area contributed by atoms with Gasteiger partial charge in [0.2, 0.25) is 0 Å². The van der Waals surface area contributed by atoms with Gasteiger partial charge in [0.05, 0.1) is 11.0 Å². The van der Waals surface area contributed by atoms with Crippen LogP contribution in [-0.4, -0.2) is 27.3 Å². The first-order valence-corrected chi connectivity index (χ1v) is 10.4. The molecule has 0 saturated heterocycles. The monoisotopic (exact) mass is 425 g/mol. The number of hydrogen-bond donors (Lipinski definition) is 1. The number of para-hydroxylation sites is 2. The van der Waals surface area contributed by atoms with Gasteiger partial charge in [-0.25, -0.2) is 4.98 Å². The Kier molecular flexibility index (Phi) is 3.57. The fourth-order valence-electron chi connectivity index (χ4n) is 5.81. The number of nitrogens with one attached hydrogen (secondary N) is 1. The number of halogens is 2. The number of fused-ring (bicyclic) bond motifs is 4. The molecule has 0 radical (unpaired) electrons. The van der Waals surface area contributed by atoms with Crippen molar-refractivity contribution < 1.29 is 23.0 Å². The molecule has 7 rings (SSSR count). The van der Waals surface area contributed by atoms with Gasteiger partial charge in [-0.05, 0) is 56.0 Å². The number of alkyl halides is 2. The van der Waals surface area contributed by atoms with Crippen molar-refractivity contribution in [2.75, 3.05) is 0 Å². The number of benzene rings is 2. The Morgan fingerprint density at radius 2 is 1.87 bits per heavy atom. The summed E-state index contributed by atoms with van der Waals surface area (Å²) in [6.45, 7) is 0. The fraction of sp³-hybridized carbons (Fsp3) is 0.391. The Hall–Kier alpha value is -3.16. The first-order valence-electron chi connectivity index (χ1n) is 10.4. The number of ether oxygens (including phenoxy) is 2. The van der Waals surface area contributed by atoms with Gasteiger partial charge >= 0.3 is 6.29 Å². The Balaban J connectivity index is 1.24. The molecule has 2 heterocycles.